The number of carbonyl (C=O) groups excluding carboxylic acids is 2. The fourth-order valence-corrected chi connectivity index (χ4v) is 4.05. The lowest BCUT2D eigenvalue weighted by Crippen LogP contribution is -2.54. The number of urea groups is 1. The van der Waals surface area contributed by atoms with Gasteiger partial charge in [-0.05, 0) is 30.6 Å². The van der Waals surface area contributed by atoms with E-state index in [1.54, 1.807) is 0 Å². The van der Waals surface area contributed by atoms with Gasteiger partial charge in [0.25, 0.3) is 5.91 Å². The summed E-state index contributed by atoms with van der Waals surface area (Å²) < 4.78 is 0. The minimum atomic E-state index is -0.642. The van der Waals surface area contributed by atoms with Crippen LogP contribution >= 0.6 is 0 Å². The van der Waals surface area contributed by atoms with Crippen LogP contribution in [0.1, 0.15) is 60.3 Å². The number of hydrogen-bond donors (Lipinski definition) is 1. The topological polar surface area (TPSA) is 52.6 Å². The van der Waals surface area contributed by atoms with Gasteiger partial charge in [0, 0.05) is 13.1 Å². The van der Waals surface area contributed by atoms with E-state index in [9.17, 15) is 9.59 Å². The molecule has 132 valence electrons. The van der Waals surface area contributed by atoms with Gasteiger partial charge in [0.05, 0.1) is 6.67 Å². The van der Waals surface area contributed by atoms with E-state index in [0.717, 1.165) is 38.8 Å². The van der Waals surface area contributed by atoms with Gasteiger partial charge in [0.15, 0.2) is 0 Å². The Morgan fingerprint density at radius 3 is 2.30 bits per heavy atom. The molecule has 0 bridgehead atoms. The van der Waals surface area contributed by atoms with E-state index < -0.39 is 5.54 Å². The Balaban J connectivity index is 2.12. The monoisotopic (exact) mass is 323 g/mol. The maximum atomic E-state index is 13.0. The van der Waals surface area contributed by atoms with Crippen LogP contribution in [0.25, 0.3) is 0 Å². The minimum Gasteiger partial charge on any atom is -0.323 e. The highest BCUT2D eigenvalue weighted by atomic mass is 16.2. The molecule has 0 unspecified atom stereocenters. The number of hydrogen-bond acceptors (Lipinski definition) is 3. The first-order chi connectivity index (χ1) is 10.8. The summed E-state index contributed by atoms with van der Waals surface area (Å²) >= 11 is 0. The van der Waals surface area contributed by atoms with Crippen molar-refractivity contribution in [3.8, 4) is 0 Å². The molecule has 23 heavy (non-hydrogen) atoms. The zero-order chi connectivity index (χ0) is 17.2. The summed E-state index contributed by atoms with van der Waals surface area (Å²) in [6.45, 7) is 13.0. The first-order valence-corrected chi connectivity index (χ1v) is 9.12. The Bertz CT molecular complexity index is 440. The number of carbonyl (C=O) groups is 2. The van der Waals surface area contributed by atoms with E-state index in [2.05, 4.69) is 44.8 Å². The quantitative estimate of drug-likeness (QED) is 0.764. The summed E-state index contributed by atoms with van der Waals surface area (Å²) in [5.74, 6) is 1.24. The Hall–Kier alpha value is -1.10. The first-order valence-electron chi connectivity index (χ1n) is 9.12. The van der Waals surface area contributed by atoms with Crippen LogP contribution in [0.2, 0.25) is 0 Å². The number of nitrogens with zero attached hydrogens (tertiary/aromatic N) is 2. The van der Waals surface area contributed by atoms with Gasteiger partial charge in [-0.3, -0.25) is 9.69 Å². The summed E-state index contributed by atoms with van der Waals surface area (Å²) in [4.78, 5) is 29.2. The molecule has 2 aliphatic rings. The molecule has 1 saturated heterocycles. The molecule has 1 aliphatic heterocycles. The lowest BCUT2D eigenvalue weighted by Gasteiger charge is -2.37. The highest BCUT2D eigenvalue weighted by molar-refractivity contribution is 6.07. The Kier molecular flexibility index (Phi) is 5.71. The van der Waals surface area contributed by atoms with Crippen LogP contribution in [0, 0.1) is 17.8 Å². The zero-order valence-electron chi connectivity index (χ0n) is 15.4. The van der Waals surface area contributed by atoms with Gasteiger partial charge in [0.2, 0.25) is 0 Å². The van der Waals surface area contributed by atoms with Gasteiger partial charge in [-0.1, -0.05) is 47.5 Å². The van der Waals surface area contributed by atoms with Gasteiger partial charge in [-0.15, -0.1) is 0 Å². The van der Waals surface area contributed by atoms with Gasteiger partial charge >= 0.3 is 6.03 Å². The first kappa shape index (κ1) is 18.2. The lowest BCUT2D eigenvalue weighted by atomic mass is 9.73. The third kappa shape index (κ3) is 3.87. The summed E-state index contributed by atoms with van der Waals surface area (Å²) in [5, 5.41) is 3.04. The average Bonchev–Trinajstić information content (AvgIpc) is 2.66. The Morgan fingerprint density at radius 1 is 1.17 bits per heavy atom. The molecule has 0 aromatic rings. The summed E-state index contributed by atoms with van der Waals surface area (Å²) in [5.41, 5.74) is -0.642. The molecule has 0 aromatic carbocycles. The predicted octanol–water partition coefficient (Wildman–Crippen LogP) is 3.06. The fourth-order valence-electron chi connectivity index (χ4n) is 4.05. The largest absolute Gasteiger partial charge is 0.326 e. The molecule has 1 aliphatic carbocycles. The summed E-state index contributed by atoms with van der Waals surface area (Å²) in [6, 6.07) is -0.207. The molecule has 2 fully saturated rings. The van der Waals surface area contributed by atoms with Crippen molar-refractivity contribution in [2.24, 2.45) is 17.8 Å². The highest BCUT2D eigenvalue weighted by Gasteiger charge is 2.54. The second-order valence-corrected chi connectivity index (χ2v) is 8.25. The molecule has 2 rings (SSSR count). The van der Waals surface area contributed by atoms with E-state index in [1.165, 1.54) is 4.90 Å². The maximum absolute atomic E-state index is 13.0. The van der Waals surface area contributed by atoms with Crippen molar-refractivity contribution in [2.45, 2.75) is 65.8 Å². The van der Waals surface area contributed by atoms with E-state index in [0.29, 0.717) is 18.5 Å². The van der Waals surface area contributed by atoms with Crippen molar-refractivity contribution < 1.29 is 9.59 Å². The lowest BCUT2D eigenvalue weighted by molar-refractivity contribution is -0.135. The van der Waals surface area contributed by atoms with Gasteiger partial charge in [0.1, 0.15) is 5.54 Å². The zero-order valence-corrected chi connectivity index (χ0v) is 15.4. The Labute approximate surface area is 140 Å². The van der Waals surface area contributed by atoms with E-state index in [-0.39, 0.29) is 17.9 Å². The molecule has 5 nitrogen and oxygen atoms in total. The van der Waals surface area contributed by atoms with E-state index in [1.807, 2.05) is 0 Å². The van der Waals surface area contributed by atoms with Gasteiger partial charge in [-0.2, -0.15) is 0 Å². The SMILES string of the molecule is CC(C)CN(CC(C)C)CN1C(=O)N[C@@]2(CCCC[C@H]2C)C1=O. The number of imide groups is 1. The Morgan fingerprint density at radius 2 is 1.78 bits per heavy atom. The maximum Gasteiger partial charge on any atom is 0.326 e. The number of rotatable bonds is 6. The second kappa shape index (κ2) is 7.20. The summed E-state index contributed by atoms with van der Waals surface area (Å²) in [7, 11) is 0. The predicted molar refractivity (Wildman–Crippen MR) is 91.9 cm³/mol. The van der Waals surface area contributed by atoms with E-state index >= 15 is 0 Å². The van der Waals surface area contributed by atoms with Crippen molar-refractivity contribution in [3.05, 3.63) is 0 Å². The molecule has 2 atom stereocenters. The third-order valence-corrected chi connectivity index (χ3v) is 5.09. The highest BCUT2D eigenvalue weighted by Crippen LogP contribution is 2.38. The molecular formula is C18H33N3O2. The van der Waals surface area contributed by atoms with Gasteiger partial charge < -0.3 is 5.32 Å². The average molecular weight is 323 g/mol. The van der Waals surface area contributed by atoms with Crippen LogP contribution in [0.3, 0.4) is 0 Å². The molecule has 1 saturated carbocycles. The molecule has 1 heterocycles. The van der Waals surface area contributed by atoms with Crippen molar-refractivity contribution in [1.82, 2.24) is 15.1 Å². The van der Waals surface area contributed by atoms with Crippen LogP contribution < -0.4 is 5.32 Å². The molecule has 1 spiro atoms. The smallest absolute Gasteiger partial charge is 0.323 e. The second-order valence-electron chi connectivity index (χ2n) is 8.25. The molecule has 0 radical (unpaired) electrons. The molecule has 0 aromatic heterocycles. The molecular weight excluding hydrogens is 290 g/mol. The fraction of sp³-hybridized carbons (Fsp3) is 0.889. The third-order valence-electron chi connectivity index (χ3n) is 5.09. The van der Waals surface area contributed by atoms with E-state index in [4.69, 9.17) is 0 Å². The van der Waals surface area contributed by atoms with Crippen LogP contribution in [0.15, 0.2) is 0 Å². The van der Waals surface area contributed by atoms with Crippen molar-refractivity contribution in [2.75, 3.05) is 19.8 Å². The number of nitrogens with one attached hydrogen (secondary N) is 1. The molecule has 1 N–H and O–H groups in total. The van der Waals surface area contributed by atoms with Crippen molar-refractivity contribution >= 4 is 11.9 Å². The van der Waals surface area contributed by atoms with Crippen LogP contribution in [0.4, 0.5) is 4.79 Å². The molecule has 5 heteroatoms. The normalized spacial score (nSPS) is 28.5. The summed E-state index contributed by atoms with van der Waals surface area (Å²) in [6.07, 6.45) is 3.97. The van der Waals surface area contributed by atoms with Crippen LogP contribution in [-0.2, 0) is 4.79 Å². The minimum absolute atomic E-state index is 0.00721. The van der Waals surface area contributed by atoms with Crippen LogP contribution in [-0.4, -0.2) is 47.0 Å². The standard InChI is InChI=1S/C18H33N3O2/c1-13(2)10-20(11-14(3)4)12-21-16(22)18(19-17(21)23)9-7-6-8-15(18)5/h13-15H,6-12H2,1-5H3,(H,19,23)/t15-,18-/m1/s1. The van der Waals surface area contributed by atoms with Crippen molar-refractivity contribution in [1.29, 1.82) is 0 Å². The van der Waals surface area contributed by atoms with Gasteiger partial charge in [-0.25, -0.2) is 9.69 Å². The van der Waals surface area contributed by atoms with Crippen molar-refractivity contribution in [3.63, 3.8) is 0 Å². The number of amides is 3. The molecule has 3 amide bonds. The van der Waals surface area contributed by atoms with Crippen LogP contribution in [0.5, 0.6) is 0 Å².